The van der Waals surface area contributed by atoms with E-state index in [1.54, 1.807) is 0 Å². The topological polar surface area (TPSA) is 38.7 Å². The van der Waals surface area contributed by atoms with Gasteiger partial charge >= 0.3 is 0 Å². The number of rotatable bonds is 2. The molecule has 4 aromatic carbocycles. The number of hydrogen-bond acceptors (Lipinski definition) is 3. The van der Waals surface area contributed by atoms with Gasteiger partial charge in [-0.2, -0.15) is 0 Å². The molecule has 0 N–H and O–H groups in total. The molecule has 158 valence electrons. The summed E-state index contributed by atoms with van der Waals surface area (Å²) in [6, 6.07) is 37.5. The first-order valence-corrected chi connectivity index (χ1v) is 11.4. The summed E-state index contributed by atoms with van der Waals surface area (Å²) >= 11 is 0. The Bertz CT molecular complexity index is 1840. The fourth-order valence-electron chi connectivity index (χ4n) is 4.85. The summed E-state index contributed by atoms with van der Waals surface area (Å²) in [6.45, 7) is 0. The van der Waals surface area contributed by atoms with Gasteiger partial charge in [-0.25, -0.2) is 9.97 Å². The molecule has 0 saturated heterocycles. The second-order valence-corrected chi connectivity index (χ2v) is 8.49. The van der Waals surface area contributed by atoms with Crippen LogP contribution in [-0.4, -0.2) is 15.0 Å². The van der Waals surface area contributed by atoms with E-state index in [0.29, 0.717) is 0 Å². The van der Waals surface area contributed by atoms with Crippen LogP contribution in [0.15, 0.2) is 115 Å². The maximum Gasteiger partial charge on any atom is 0.0972 e. The minimum absolute atomic E-state index is 0.900. The maximum absolute atomic E-state index is 5.12. The van der Waals surface area contributed by atoms with Gasteiger partial charge in [0.1, 0.15) is 0 Å². The summed E-state index contributed by atoms with van der Waals surface area (Å²) in [4.78, 5) is 15.1. The number of nitrogens with zero attached hydrogens (tertiary/aromatic N) is 3. The van der Waals surface area contributed by atoms with Gasteiger partial charge in [0.2, 0.25) is 0 Å². The highest BCUT2D eigenvalue weighted by Crippen LogP contribution is 2.38. The first-order valence-electron chi connectivity index (χ1n) is 11.4. The molecule has 0 aliphatic heterocycles. The van der Waals surface area contributed by atoms with Crippen LogP contribution in [0, 0.1) is 0 Å². The molecule has 0 amide bonds. The van der Waals surface area contributed by atoms with Crippen LogP contribution in [0.2, 0.25) is 0 Å². The van der Waals surface area contributed by atoms with Crippen molar-refractivity contribution in [3.8, 4) is 22.5 Å². The highest BCUT2D eigenvalue weighted by atomic mass is 14.8. The molecule has 0 saturated carbocycles. The monoisotopic (exact) mass is 433 g/mol. The van der Waals surface area contributed by atoms with Crippen molar-refractivity contribution in [1.82, 2.24) is 15.0 Å². The van der Waals surface area contributed by atoms with E-state index in [1.807, 2.05) is 36.5 Å². The molecular formula is C31H19N3. The third kappa shape index (κ3) is 2.87. The predicted molar refractivity (Wildman–Crippen MR) is 141 cm³/mol. The molecule has 7 rings (SSSR count). The van der Waals surface area contributed by atoms with E-state index in [9.17, 15) is 0 Å². The SMILES string of the molecule is c1ccc(-c2ccc3ccc4c(ncc5c6ccccc6nc(-c6ccccc6)c54)c3n2)cc1. The lowest BCUT2D eigenvalue weighted by Gasteiger charge is -2.13. The molecular weight excluding hydrogens is 414 g/mol. The highest BCUT2D eigenvalue weighted by molar-refractivity contribution is 6.23. The van der Waals surface area contributed by atoms with Crippen LogP contribution in [0.1, 0.15) is 0 Å². The van der Waals surface area contributed by atoms with Gasteiger partial charge < -0.3 is 0 Å². The van der Waals surface area contributed by atoms with Crippen LogP contribution in [0.25, 0.3) is 66.0 Å². The Morgan fingerprint density at radius 1 is 0.471 bits per heavy atom. The first kappa shape index (κ1) is 18.9. The molecule has 0 fully saturated rings. The van der Waals surface area contributed by atoms with Crippen molar-refractivity contribution in [2.24, 2.45) is 0 Å². The summed E-state index contributed by atoms with van der Waals surface area (Å²) in [5.74, 6) is 0. The Kier molecular flexibility index (Phi) is 4.15. The summed E-state index contributed by atoms with van der Waals surface area (Å²) in [5.41, 5.74) is 6.89. The van der Waals surface area contributed by atoms with Crippen LogP contribution >= 0.6 is 0 Å². The first-order chi connectivity index (χ1) is 16.9. The number of benzene rings is 4. The lowest BCUT2D eigenvalue weighted by molar-refractivity contribution is 1.37. The Hall–Kier alpha value is -4.63. The van der Waals surface area contributed by atoms with Crippen molar-refractivity contribution < 1.29 is 0 Å². The largest absolute Gasteiger partial charge is 0.253 e. The van der Waals surface area contributed by atoms with E-state index >= 15 is 0 Å². The molecule has 3 heteroatoms. The van der Waals surface area contributed by atoms with Gasteiger partial charge in [0.25, 0.3) is 0 Å². The molecule has 0 unspecified atom stereocenters. The highest BCUT2D eigenvalue weighted by Gasteiger charge is 2.16. The van der Waals surface area contributed by atoms with Gasteiger partial charge in [0.15, 0.2) is 0 Å². The zero-order valence-corrected chi connectivity index (χ0v) is 18.3. The lowest BCUT2D eigenvalue weighted by Crippen LogP contribution is -1.94. The van der Waals surface area contributed by atoms with E-state index in [1.165, 1.54) is 0 Å². The second kappa shape index (κ2) is 7.46. The number of hydrogen-bond donors (Lipinski definition) is 0. The lowest BCUT2D eigenvalue weighted by atomic mass is 9.97. The maximum atomic E-state index is 5.12. The molecule has 3 nitrogen and oxygen atoms in total. The van der Waals surface area contributed by atoms with Crippen molar-refractivity contribution in [3.05, 3.63) is 115 Å². The second-order valence-electron chi connectivity index (χ2n) is 8.49. The van der Waals surface area contributed by atoms with Crippen LogP contribution in [-0.2, 0) is 0 Å². The van der Waals surface area contributed by atoms with Gasteiger partial charge in [0, 0.05) is 44.3 Å². The predicted octanol–water partition coefficient (Wildman–Crippen LogP) is 7.82. The fourth-order valence-corrected chi connectivity index (χ4v) is 4.85. The van der Waals surface area contributed by atoms with Gasteiger partial charge in [-0.1, -0.05) is 97.1 Å². The standard InChI is InChI=1S/C31H19N3/c1-3-9-20(10-4-1)26-18-16-22-15-17-24-28-25(19-32-31(24)30(22)33-26)23-13-7-8-14-27(23)34-29(28)21-11-5-2-6-12-21/h1-19H. The average molecular weight is 434 g/mol. The molecule has 0 bridgehead atoms. The number of para-hydroxylation sites is 1. The molecule has 34 heavy (non-hydrogen) atoms. The third-order valence-corrected chi connectivity index (χ3v) is 6.48. The molecule has 3 aromatic heterocycles. The van der Waals surface area contributed by atoms with E-state index < -0.39 is 0 Å². The normalized spacial score (nSPS) is 11.5. The molecule has 0 atom stereocenters. The zero-order valence-electron chi connectivity index (χ0n) is 18.3. The van der Waals surface area contributed by atoms with E-state index in [4.69, 9.17) is 15.0 Å². The molecule has 7 aromatic rings. The molecule has 0 aliphatic rings. The van der Waals surface area contributed by atoms with Crippen LogP contribution in [0.4, 0.5) is 0 Å². The molecule has 3 heterocycles. The Morgan fingerprint density at radius 3 is 2.00 bits per heavy atom. The van der Waals surface area contributed by atoms with Gasteiger partial charge in [-0.3, -0.25) is 4.98 Å². The Labute approximate surface area is 196 Å². The fraction of sp³-hybridized carbons (Fsp3) is 0. The quantitative estimate of drug-likeness (QED) is 0.261. The number of fused-ring (bicyclic) bond motifs is 7. The minimum Gasteiger partial charge on any atom is -0.253 e. The number of aromatic nitrogens is 3. The molecule has 0 radical (unpaired) electrons. The van der Waals surface area contributed by atoms with Gasteiger partial charge in [-0.05, 0) is 12.1 Å². The van der Waals surface area contributed by atoms with Crippen molar-refractivity contribution in [2.45, 2.75) is 0 Å². The molecule has 0 spiro atoms. The van der Waals surface area contributed by atoms with Crippen molar-refractivity contribution in [2.75, 3.05) is 0 Å². The van der Waals surface area contributed by atoms with E-state index in [-0.39, 0.29) is 0 Å². The summed E-state index contributed by atoms with van der Waals surface area (Å²) in [7, 11) is 0. The number of pyridine rings is 3. The van der Waals surface area contributed by atoms with Gasteiger partial charge in [-0.15, -0.1) is 0 Å². The minimum atomic E-state index is 0.900. The van der Waals surface area contributed by atoms with Crippen molar-refractivity contribution in [1.29, 1.82) is 0 Å². The average Bonchev–Trinajstić information content (AvgIpc) is 2.92. The Morgan fingerprint density at radius 2 is 1.18 bits per heavy atom. The van der Waals surface area contributed by atoms with Crippen molar-refractivity contribution >= 4 is 43.5 Å². The van der Waals surface area contributed by atoms with Crippen LogP contribution in [0.3, 0.4) is 0 Å². The zero-order chi connectivity index (χ0) is 22.5. The molecule has 0 aliphatic carbocycles. The van der Waals surface area contributed by atoms with E-state index in [2.05, 4.69) is 78.9 Å². The van der Waals surface area contributed by atoms with Gasteiger partial charge in [0.05, 0.1) is 27.9 Å². The third-order valence-electron chi connectivity index (χ3n) is 6.48. The summed E-state index contributed by atoms with van der Waals surface area (Å²) in [5, 5.41) is 5.48. The Balaban J connectivity index is 1.63. The summed E-state index contributed by atoms with van der Waals surface area (Å²) < 4.78 is 0. The van der Waals surface area contributed by atoms with Crippen molar-refractivity contribution in [3.63, 3.8) is 0 Å². The van der Waals surface area contributed by atoms with Crippen LogP contribution < -0.4 is 0 Å². The summed E-state index contributed by atoms with van der Waals surface area (Å²) in [6.07, 6.45) is 1.99. The smallest absolute Gasteiger partial charge is 0.0972 e. The van der Waals surface area contributed by atoms with Crippen LogP contribution in [0.5, 0.6) is 0 Å². The van der Waals surface area contributed by atoms with E-state index in [0.717, 1.165) is 66.0 Å².